The first kappa shape index (κ1) is 20.2. The summed E-state index contributed by atoms with van der Waals surface area (Å²) in [4.78, 5) is 30.4. The highest BCUT2D eigenvalue weighted by molar-refractivity contribution is 5.96. The van der Waals surface area contributed by atoms with E-state index in [1.807, 2.05) is 0 Å². The van der Waals surface area contributed by atoms with Gasteiger partial charge in [-0.05, 0) is 32.4 Å². The van der Waals surface area contributed by atoms with Gasteiger partial charge in [0, 0.05) is 11.3 Å². The van der Waals surface area contributed by atoms with E-state index in [2.05, 4.69) is 15.3 Å². The fourth-order valence-corrected chi connectivity index (χ4v) is 2.38. The van der Waals surface area contributed by atoms with Crippen LogP contribution in [0.25, 0.3) is 11.4 Å². The number of carbonyl (C=O) groups excluding carboxylic acids is 1. The Morgan fingerprint density at radius 2 is 2.07 bits per heavy atom. The predicted octanol–water partition coefficient (Wildman–Crippen LogP) is 3.55. The summed E-state index contributed by atoms with van der Waals surface area (Å²) >= 11 is 0. The van der Waals surface area contributed by atoms with Gasteiger partial charge in [-0.1, -0.05) is 24.3 Å². The van der Waals surface area contributed by atoms with Gasteiger partial charge in [0.25, 0.3) is 5.91 Å². The number of H-pyrrole nitrogens is 1. The van der Waals surface area contributed by atoms with Crippen LogP contribution in [-0.4, -0.2) is 33.0 Å². The maximum Gasteiger partial charge on any atom is 0.416 e. The van der Waals surface area contributed by atoms with Crippen LogP contribution in [0.3, 0.4) is 0 Å². The highest BCUT2D eigenvalue weighted by Crippen LogP contribution is 2.31. The number of carboxylic acid groups (broad SMARTS) is 1. The van der Waals surface area contributed by atoms with E-state index in [1.165, 1.54) is 19.1 Å². The molecule has 1 atom stereocenters. The number of nitrogens with zero attached hydrogens (tertiary/aromatic N) is 1. The average Bonchev–Trinajstić information content (AvgIpc) is 2.99. The van der Waals surface area contributed by atoms with Crippen LogP contribution in [0.2, 0.25) is 0 Å². The van der Waals surface area contributed by atoms with Gasteiger partial charge in [0.15, 0.2) is 0 Å². The number of imidazole rings is 1. The molecule has 144 valence electrons. The number of nitrogens with one attached hydrogen (secondary N) is 2. The van der Waals surface area contributed by atoms with E-state index in [0.717, 1.165) is 12.1 Å². The SMILES string of the molecule is C/C=C/CC(NC(=O)c1nc(-c2cccc(C(F)(F)F)c2)[nH]c1C)C(=O)O. The Hall–Kier alpha value is -3.10. The number of amides is 1. The molecule has 2 aromatic rings. The molecular formula is C18H18F3N3O3. The first-order valence-corrected chi connectivity index (χ1v) is 8.02. The minimum atomic E-state index is -4.50. The fraction of sp³-hybridized carbons (Fsp3) is 0.278. The molecule has 0 fully saturated rings. The molecule has 1 heterocycles. The second-order valence-electron chi connectivity index (χ2n) is 5.81. The summed E-state index contributed by atoms with van der Waals surface area (Å²) in [6, 6.07) is 3.40. The van der Waals surface area contributed by atoms with E-state index in [-0.39, 0.29) is 23.5 Å². The van der Waals surface area contributed by atoms with Crippen LogP contribution in [0.15, 0.2) is 36.4 Å². The maximum atomic E-state index is 12.9. The van der Waals surface area contributed by atoms with E-state index < -0.39 is 29.7 Å². The summed E-state index contributed by atoms with van der Waals surface area (Å²) in [6.07, 6.45) is -1.14. The molecule has 1 aromatic heterocycles. The van der Waals surface area contributed by atoms with Crippen LogP contribution >= 0.6 is 0 Å². The second kappa shape index (κ2) is 8.07. The first-order valence-electron chi connectivity index (χ1n) is 8.02. The number of aliphatic carboxylic acids is 1. The lowest BCUT2D eigenvalue weighted by Crippen LogP contribution is -2.40. The smallest absolute Gasteiger partial charge is 0.416 e. The number of aryl methyl sites for hydroxylation is 1. The van der Waals surface area contributed by atoms with Crippen molar-refractivity contribution in [3.63, 3.8) is 0 Å². The molecule has 2 rings (SSSR count). The molecule has 9 heteroatoms. The fourth-order valence-electron chi connectivity index (χ4n) is 2.38. The van der Waals surface area contributed by atoms with E-state index >= 15 is 0 Å². The molecule has 1 aromatic carbocycles. The zero-order valence-corrected chi connectivity index (χ0v) is 14.6. The minimum absolute atomic E-state index is 0.0749. The quantitative estimate of drug-likeness (QED) is 0.667. The molecule has 3 N–H and O–H groups in total. The number of hydrogen-bond donors (Lipinski definition) is 3. The summed E-state index contributed by atoms with van der Waals surface area (Å²) < 4.78 is 38.6. The number of carbonyl (C=O) groups is 2. The van der Waals surface area contributed by atoms with E-state index in [0.29, 0.717) is 5.69 Å². The molecule has 1 amide bonds. The number of aromatic nitrogens is 2. The summed E-state index contributed by atoms with van der Waals surface area (Å²) in [5, 5.41) is 11.5. The summed E-state index contributed by atoms with van der Waals surface area (Å²) in [7, 11) is 0. The van der Waals surface area contributed by atoms with Crippen LogP contribution in [0.1, 0.15) is 35.1 Å². The number of benzene rings is 1. The number of carboxylic acids is 1. The molecule has 0 radical (unpaired) electrons. The molecular weight excluding hydrogens is 363 g/mol. The highest BCUT2D eigenvalue weighted by atomic mass is 19.4. The minimum Gasteiger partial charge on any atom is -0.480 e. The van der Waals surface area contributed by atoms with Gasteiger partial charge in [0.05, 0.1) is 5.56 Å². The number of hydrogen-bond acceptors (Lipinski definition) is 3. The number of halogens is 3. The van der Waals surface area contributed by atoms with Crippen molar-refractivity contribution in [3.05, 3.63) is 53.4 Å². The third-order valence-electron chi connectivity index (χ3n) is 3.77. The lowest BCUT2D eigenvalue weighted by molar-refractivity contribution is -0.139. The van der Waals surface area contributed by atoms with Gasteiger partial charge in [0.1, 0.15) is 17.6 Å². The van der Waals surface area contributed by atoms with Gasteiger partial charge in [0.2, 0.25) is 0 Å². The van der Waals surface area contributed by atoms with Crippen molar-refractivity contribution in [1.82, 2.24) is 15.3 Å². The van der Waals surface area contributed by atoms with Crippen molar-refractivity contribution in [3.8, 4) is 11.4 Å². The zero-order chi connectivity index (χ0) is 20.2. The predicted molar refractivity (Wildman–Crippen MR) is 92.1 cm³/mol. The van der Waals surface area contributed by atoms with E-state index in [9.17, 15) is 27.9 Å². The topological polar surface area (TPSA) is 95.1 Å². The van der Waals surface area contributed by atoms with Crippen molar-refractivity contribution in [2.75, 3.05) is 0 Å². The van der Waals surface area contributed by atoms with Crippen LogP contribution in [0.4, 0.5) is 13.2 Å². The van der Waals surface area contributed by atoms with Gasteiger partial charge in [-0.15, -0.1) is 0 Å². The van der Waals surface area contributed by atoms with Gasteiger partial charge in [-0.25, -0.2) is 9.78 Å². The number of rotatable bonds is 6. The normalized spacial score (nSPS) is 12.9. The van der Waals surface area contributed by atoms with Crippen LogP contribution in [0.5, 0.6) is 0 Å². The van der Waals surface area contributed by atoms with Crippen molar-refractivity contribution in [1.29, 1.82) is 0 Å². The Balaban J connectivity index is 2.28. The molecule has 0 saturated carbocycles. The molecule has 0 bridgehead atoms. The Labute approximate surface area is 153 Å². The summed E-state index contributed by atoms with van der Waals surface area (Å²) in [6.45, 7) is 3.25. The molecule has 0 aliphatic rings. The third kappa shape index (κ3) is 4.96. The van der Waals surface area contributed by atoms with Crippen LogP contribution in [0, 0.1) is 6.92 Å². The summed E-state index contributed by atoms with van der Waals surface area (Å²) in [5.41, 5.74) is -0.433. The van der Waals surface area contributed by atoms with Crippen molar-refractivity contribution in [2.24, 2.45) is 0 Å². The molecule has 6 nitrogen and oxygen atoms in total. The Morgan fingerprint density at radius 3 is 2.67 bits per heavy atom. The Morgan fingerprint density at radius 1 is 1.37 bits per heavy atom. The maximum absolute atomic E-state index is 12.9. The highest BCUT2D eigenvalue weighted by Gasteiger charge is 2.31. The summed E-state index contributed by atoms with van der Waals surface area (Å²) in [5.74, 6) is -1.84. The van der Waals surface area contributed by atoms with Crippen molar-refractivity contribution in [2.45, 2.75) is 32.5 Å². The van der Waals surface area contributed by atoms with Gasteiger partial charge in [-0.3, -0.25) is 4.79 Å². The molecule has 0 saturated heterocycles. The van der Waals surface area contributed by atoms with Crippen LogP contribution < -0.4 is 5.32 Å². The van der Waals surface area contributed by atoms with Gasteiger partial charge in [-0.2, -0.15) is 13.2 Å². The molecule has 0 aliphatic heterocycles. The Kier molecular flexibility index (Phi) is 6.04. The number of allylic oxidation sites excluding steroid dienone is 1. The standard InChI is InChI=1S/C18H18F3N3O3/c1-3-4-8-13(17(26)27)23-16(25)14-10(2)22-15(24-14)11-6-5-7-12(9-11)18(19,20)21/h3-7,9,13H,8H2,1-2H3,(H,22,24)(H,23,25)(H,26,27)/b4-3+. The molecule has 27 heavy (non-hydrogen) atoms. The Bertz CT molecular complexity index is 872. The van der Waals surface area contributed by atoms with Crippen molar-refractivity contribution < 1.29 is 27.9 Å². The first-order chi connectivity index (χ1) is 12.6. The zero-order valence-electron chi connectivity index (χ0n) is 14.6. The molecule has 0 aliphatic carbocycles. The lowest BCUT2D eigenvalue weighted by atomic mass is 10.1. The largest absolute Gasteiger partial charge is 0.480 e. The number of alkyl halides is 3. The van der Waals surface area contributed by atoms with Gasteiger partial charge >= 0.3 is 12.1 Å². The molecule has 1 unspecified atom stereocenters. The van der Waals surface area contributed by atoms with E-state index in [4.69, 9.17) is 0 Å². The van der Waals surface area contributed by atoms with Crippen molar-refractivity contribution >= 4 is 11.9 Å². The number of aromatic amines is 1. The van der Waals surface area contributed by atoms with Gasteiger partial charge < -0.3 is 15.4 Å². The third-order valence-corrected chi connectivity index (χ3v) is 3.77. The average molecular weight is 381 g/mol. The monoisotopic (exact) mass is 381 g/mol. The second-order valence-corrected chi connectivity index (χ2v) is 5.81. The molecule has 0 spiro atoms. The lowest BCUT2D eigenvalue weighted by Gasteiger charge is -2.11. The van der Waals surface area contributed by atoms with Crippen LogP contribution in [-0.2, 0) is 11.0 Å². The van der Waals surface area contributed by atoms with E-state index in [1.54, 1.807) is 19.1 Å².